The molecule has 0 saturated carbocycles. The second kappa shape index (κ2) is 9.68. The van der Waals surface area contributed by atoms with Gasteiger partial charge in [-0.05, 0) is 52.2 Å². The number of amides is 2. The number of carbonyl (C=O) groups is 2. The quantitative estimate of drug-likeness (QED) is 0.740. The van der Waals surface area contributed by atoms with Crippen LogP contribution in [0.5, 0.6) is 0 Å². The summed E-state index contributed by atoms with van der Waals surface area (Å²) in [5.41, 5.74) is 1.61. The van der Waals surface area contributed by atoms with Crippen molar-refractivity contribution < 1.29 is 9.59 Å². The molecule has 0 bridgehead atoms. The van der Waals surface area contributed by atoms with Gasteiger partial charge in [0.2, 0.25) is 0 Å². The number of nitrogens with one attached hydrogen (secondary N) is 1. The number of carbonyl (C=O) groups excluding carboxylic acids is 2. The zero-order chi connectivity index (χ0) is 18.9. The van der Waals surface area contributed by atoms with Crippen molar-refractivity contribution >= 4 is 17.5 Å². The Balaban J connectivity index is 2.07. The number of aromatic nitrogens is 1. The molecule has 0 atom stereocenters. The first-order chi connectivity index (χ1) is 12.5. The molecular formula is C20H26N4O2. The Kier molecular flexibility index (Phi) is 7.29. The van der Waals surface area contributed by atoms with Gasteiger partial charge in [0.25, 0.3) is 11.8 Å². The topological polar surface area (TPSA) is 65.5 Å². The number of hydrogen-bond donors (Lipinski definition) is 1. The van der Waals surface area contributed by atoms with Crippen LogP contribution in [0.25, 0.3) is 0 Å². The smallest absolute Gasteiger partial charge is 0.259 e. The lowest BCUT2D eigenvalue weighted by Gasteiger charge is -2.21. The van der Waals surface area contributed by atoms with E-state index in [1.807, 2.05) is 51.4 Å². The lowest BCUT2D eigenvalue weighted by atomic mass is 10.1. The molecule has 0 radical (unpaired) electrons. The molecule has 1 aromatic heterocycles. The Hall–Kier alpha value is -2.73. The molecule has 26 heavy (non-hydrogen) atoms. The molecule has 1 N–H and O–H groups in total. The summed E-state index contributed by atoms with van der Waals surface area (Å²) < 4.78 is 0. The molecule has 0 aliphatic rings. The molecule has 2 aromatic rings. The standard InChI is InChI=1S/C20H26N4O2/c1-4-24(18-9-6-5-7-10-18)20(26)17-13-16(14-21-15-17)19(25)22-11-8-12-23(2)3/h5-7,9-10,13-15H,4,8,11-12H2,1-3H3,(H,22,25). The second-order valence-electron chi connectivity index (χ2n) is 6.26. The van der Waals surface area contributed by atoms with Gasteiger partial charge in [-0.3, -0.25) is 14.6 Å². The third-order valence-electron chi connectivity index (χ3n) is 3.94. The van der Waals surface area contributed by atoms with Gasteiger partial charge in [-0.1, -0.05) is 18.2 Å². The minimum absolute atomic E-state index is 0.173. The first-order valence-corrected chi connectivity index (χ1v) is 8.77. The number of nitrogens with zero attached hydrogens (tertiary/aromatic N) is 3. The van der Waals surface area contributed by atoms with Crippen LogP contribution in [0.3, 0.4) is 0 Å². The third kappa shape index (κ3) is 5.39. The largest absolute Gasteiger partial charge is 0.352 e. The fourth-order valence-corrected chi connectivity index (χ4v) is 2.59. The van der Waals surface area contributed by atoms with E-state index in [1.54, 1.807) is 11.0 Å². The first kappa shape index (κ1) is 19.6. The molecule has 0 aliphatic heterocycles. The van der Waals surface area contributed by atoms with Crippen LogP contribution in [0.15, 0.2) is 48.8 Å². The summed E-state index contributed by atoms with van der Waals surface area (Å²) >= 11 is 0. The first-order valence-electron chi connectivity index (χ1n) is 8.77. The van der Waals surface area contributed by atoms with Crippen LogP contribution in [0.2, 0.25) is 0 Å². The summed E-state index contributed by atoms with van der Waals surface area (Å²) in [5, 5.41) is 2.86. The van der Waals surface area contributed by atoms with Gasteiger partial charge in [0.15, 0.2) is 0 Å². The van der Waals surface area contributed by atoms with Crippen LogP contribution in [-0.2, 0) is 0 Å². The van der Waals surface area contributed by atoms with Gasteiger partial charge in [0, 0.05) is 31.2 Å². The van der Waals surface area contributed by atoms with Gasteiger partial charge in [0.1, 0.15) is 0 Å². The lowest BCUT2D eigenvalue weighted by Crippen LogP contribution is -2.31. The van der Waals surface area contributed by atoms with E-state index in [9.17, 15) is 9.59 Å². The number of hydrogen-bond acceptors (Lipinski definition) is 4. The summed E-state index contributed by atoms with van der Waals surface area (Å²) in [6.07, 6.45) is 3.84. The zero-order valence-corrected chi connectivity index (χ0v) is 15.6. The maximum Gasteiger partial charge on any atom is 0.259 e. The predicted octanol–water partition coefficient (Wildman–Crippen LogP) is 2.43. The Labute approximate surface area is 154 Å². The van der Waals surface area contributed by atoms with Crippen molar-refractivity contribution in [2.45, 2.75) is 13.3 Å². The maximum absolute atomic E-state index is 12.8. The highest BCUT2D eigenvalue weighted by atomic mass is 16.2. The Morgan fingerprint density at radius 1 is 1.08 bits per heavy atom. The van der Waals surface area contributed by atoms with Crippen LogP contribution < -0.4 is 10.2 Å². The summed E-state index contributed by atoms with van der Waals surface area (Å²) in [7, 11) is 3.99. The SMILES string of the molecule is CCN(C(=O)c1cncc(C(=O)NCCCN(C)C)c1)c1ccccc1. The lowest BCUT2D eigenvalue weighted by molar-refractivity contribution is 0.0952. The van der Waals surface area contributed by atoms with Crippen molar-refractivity contribution in [2.75, 3.05) is 38.6 Å². The van der Waals surface area contributed by atoms with E-state index in [0.29, 0.717) is 24.2 Å². The minimum atomic E-state index is -0.214. The van der Waals surface area contributed by atoms with Crippen molar-refractivity contribution in [2.24, 2.45) is 0 Å². The number of benzene rings is 1. The molecule has 6 heteroatoms. The van der Waals surface area contributed by atoms with Gasteiger partial charge in [-0.25, -0.2) is 0 Å². The van der Waals surface area contributed by atoms with Crippen molar-refractivity contribution in [3.05, 3.63) is 59.9 Å². The van der Waals surface area contributed by atoms with Gasteiger partial charge in [-0.2, -0.15) is 0 Å². The van der Waals surface area contributed by atoms with E-state index < -0.39 is 0 Å². The number of para-hydroxylation sites is 1. The summed E-state index contributed by atoms with van der Waals surface area (Å²) in [5.74, 6) is -0.387. The van der Waals surface area contributed by atoms with Gasteiger partial charge >= 0.3 is 0 Å². The highest BCUT2D eigenvalue weighted by molar-refractivity contribution is 6.07. The fraction of sp³-hybridized carbons (Fsp3) is 0.350. The molecule has 1 heterocycles. The molecule has 0 fully saturated rings. The molecule has 138 valence electrons. The number of rotatable bonds is 8. The summed E-state index contributed by atoms with van der Waals surface area (Å²) in [4.78, 5) is 32.9. The normalized spacial score (nSPS) is 10.6. The molecule has 2 rings (SSSR count). The average molecular weight is 354 g/mol. The van der Waals surface area contributed by atoms with Crippen LogP contribution in [0, 0.1) is 0 Å². The molecule has 0 saturated heterocycles. The van der Waals surface area contributed by atoms with E-state index in [2.05, 4.69) is 15.2 Å². The molecule has 6 nitrogen and oxygen atoms in total. The molecular weight excluding hydrogens is 328 g/mol. The average Bonchev–Trinajstić information content (AvgIpc) is 2.66. The molecule has 2 amide bonds. The molecule has 0 unspecified atom stereocenters. The predicted molar refractivity (Wildman–Crippen MR) is 104 cm³/mol. The Morgan fingerprint density at radius 3 is 2.42 bits per heavy atom. The number of anilines is 1. The second-order valence-corrected chi connectivity index (χ2v) is 6.26. The van der Waals surface area contributed by atoms with Crippen LogP contribution in [0.4, 0.5) is 5.69 Å². The number of pyridine rings is 1. The molecule has 0 aliphatic carbocycles. The molecule has 1 aromatic carbocycles. The van der Waals surface area contributed by atoms with Gasteiger partial charge < -0.3 is 15.1 Å². The third-order valence-corrected chi connectivity index (χ3v) is 3.94. The molecule has 0 spiro atoms. The van der Waals surface area contributed by atoms with Crippen LogP contribution >= 0.6 is 0 Å². The van der Waals surface area contributed by atoms with Gasteiger partial charge in [-0.15, -0.1) is 0 Å². The van der Waals surface area contributed by atoms with E-state index in [0.717, 1.165) is 18.7 Å². The Bertz CT molecular complexity index is 732. The highest BCUT2D eigenvalue weighted by Gasteiger charge is 2.18. The minimum Gasteiger partial charge on any atom is -0.352 e. The van der Waals surface area contributed by atoms with Crippen LogP contribution in [0.1, 0.15) is 34.1 Å². The van der Waals surface area contributed by atoms with Gasteiger partial charge in [0.05, 0.1) is 11.1 Å². The monoisotopic (exact) mass is 354 g/mol. The van der Waals surface area contributed by atoms with Crippen molar-refractivity contribution in [3.63, 3.8) is 0 Å². The van der Waals surface area contributed by atoms with Crippen molar-refractivity contribution in [3.8, 4) is 0 Å². The van der Waals surface area contributed by atoms with E-state index in [-0.39, 0.29) is 11.8 Å². The van der Waals surface area contributed by atoms with Crippen molar-refractivity contribution in [1.29, 1.82) is 0 Å². The van der Waals surface area contributed by atoms with E-state index >= 15 is 0 Å². The van der Waals surface area contributed by atoms with E-state index in [4.69, 9.17) is 0 Å². The van der Waals surface area contributed by atoms with Crippen LogP contribution in [-0.4, -0.2) is 55.4 Å². The summed E-state index contributed by atoms with van der Waals surface area (Å²) in [6, 6.07) is 11.1. The zero-order valence-electron chi connectivity index (χ0n) is 15.6. The highest BCUT2D eigenvalue weighted by Crippen LogP contribution is 2.16. The Morgan fingerprint density at radius 2 is 1.77 bits per heavy atom. The van der Waals surface area contributed by atoms with E-state index in [1.165, 1.54) is 12.4 Å². The summed E-state index contributed by atoms with van der Waals surface area (Å²) in [6.45, 7) is 3.93. The fourth-order valence-electron chi connectivity index (χ4n) is 2.59. The van der Waals surface area contributed by atoms with Crippen molar-refractivity contribution in [1.82, 2.24) is 15.2 Å². The maximum atomic E-state index is 12.8.